The number of benzene rings is 10. The van der Waals surface area contributed by atoms with E-state index >= 15 is 0 Å². The lowest BCUT2D eigenvalue weighted by molar-refractivity contribution is 0.660. The van der Waals surface area contributed by atoms with Crippen LogP contribution < -0.4 is 4.90 Å². The third-order valence-corrected chi connectivity index (χ3v) is 12.2. The zero-order valence-corrected chi connectivity index (χ0v) is 31.5. The third kappa shape index (κ3) is 5.01. The van der Waals surface area contributed by atoms with Gasteiger partial charge in [0, 0.05) is 22.5 Å². The topological polar surface area (TPSA) is 3.24 Å². The minimum Gasteiger partial charge on any atom is -0.310 e. The summed E-state index contributed by atoms with van der Waals surface area (Å²) in [6.07, 6.45) is 0. The third-order valence-electron chi connectivity index (χ3n) is 12.2. The number of fused-ring (bicyclic) bond motifs is 10. The van der Waals surface area contributed by atoms with Crippen molar-refractivity contribution in [3.8, 4) is 33.4 Å². The van der Waals surface area contributed by atoms with Crippen LogP contribution in [0, 0.1) is 0 Å². The first kappa shape index (κ1) is 32.5. The van der Waals surface area contributed by atoms with Crippen molar-refractivity contribution in [2.45, 2.75) is 19.3 Å². The molecule has 0 heterocycles. The molecule has 1 nitrogen and oxygen atoms in total. The lowest BCUT2D eigenvalue weighted by Gasteiger charge is -2.27. The highest BCUT2D eigenvalue weighted by Crippen LogP contribution is 2.52. The molecule has 11 rings (SSSR count). The summed E-state index contributed by atoms with van der Waals surface area (Å²) >= 11 is 0. The zero-order chi connectivity index (χ0) is 37.4. The molecule has 56 heavy (non-hydrogen) atoms. The van der Waals surface area contributed by atoms with Crippen molar-refractivity contribution >= 4 is 60.2 Å². The van der Waals surface area contributed by atoms with Gasteiger partial charge in [0.05, 0.1) is 0 Å². The summed E-state index contributed by atoms with van der Waals surface area (Å²) in [5.41, 5.74) is 13.7. The first-order valence-corrected chi connectivity index (χ1v) is 19.6. The van der Waals surface area contributed by atoms with Crippen molar-refractivity contribution in [3.63, 3.8) is 0 Å². The maximum atomic E-state index is 2.41. The van der Waals surface area contributed by atoms with E-state index in [1.165, 1.54) is 87.6 Å². The van der Waals surface area contributed by atoms with E-state index in [2.05, 4.69) is 219 Å². The standard InChI is InChI=1S/C55H39N/c1-55(2)50-20-9-8-18-49(50)54-47(19-11-21-51(54)55)38-28-30-43(31-29-38)56(44-16-10-15-41(34-44)36-12-4-3-5-13-36)45-32-33-48-42(35-45)27-26-40-25-24-39-23-22-37-14-6-7-17-46(37)52(39)53(40)48/h3-35H,1-2H3. The Hall–Kier alpha value is -6.96. The highest BCUT2D eigenvalue weighted by Gasteiger charge is 2.36. The minimum absolute atomic E-state index is 0.0385. The molecule has 0 spiro atoms. The molecule has 1 aliphatic carbocycles. The van der Waals surface area contributed by atoms with Gasteiger partial charge in [-0.3, -0.25) is 0 Å². The van der Waals surface area contributed by atoms with E-state index in [4.69, 9.17) is 0 Å². The van der Waals surface area contributed by atoms with E-state index in [0.717, 1.165) is 17.1 Å². The molecule has 264 valence electrons. The van der Waals surface area contributed by atoms with Crippen LogP contribution in [0.4, 0.5) is 17.1 Å². The SMILES string of the molecule is CC1(C)c2ccccc2-c2c(-c3ccc(N(c4cccc(-c5ccccc5)c4)c4ccc5c(ccc6ccc7ccc8ccccc8c7c65)c4)cc3)cccc21. The summed E-state index contributed by atoms with van der Waals surface area (Å²) < 4.78 is 0. The molecule has 10 aromatic carbocycles. The van der Waals surface area contributed by atoms with E-state index < -0.39 is 0 Å². The summed E-state index contributed by atoms with van der Waals surface area (Å²) in [6, 6.07) is 73.9. The normalized spacial score (nSPS) is 13.0. The van der Waals surface area contributed by atoms with Crippen LogP contribution in [0.15, 0.2) is 200 Å². The highest BCUT2D eigenvalue weighted by molar-refractivity contribution is 6.27. The molecule has 0 fully saturated rings. The predicted octanol–water partition coefficient (Wildman–Crippen LogP) is 15.4. The average Bonchev–Trinajstić information content (AvgIpc) is 3.50. The van der Waals surface area contributed by atoms with Gasteiger partial charge >= 0.3 is 0 Å². The fourth-order valence-corrected chi connectivity index (χ4v) is 9.46. The maximum absolute atomic E-state index is 2.41. The Bertz CT molecular complexity index is 3150. The maximum Gasteiger partial charge on any atom is 0.0468 e. The second-order valence-corrected chi connectivity index (χ2v) is 15.7. The number of anilines is 3. The Morgan fingerprint density at radius 1 is 0.339 bits per heavy atom. The van der Waals surface area contributed by atoms with Crippen LogP contribution in [0.25, 0.3) is 76.5 Å². The molecule has 0 N–H and O–H groups in total. The molecule has 0 amide bonds. The smallest absolute Gasteiger partial charge is 0.0468 e. The van der Waals surface area contributed by atoms with Gasteiger partial charge in [0.1, 0.15) is 0 Å². The monoisotopic (exact) mass is 713 g/mol. The van der Waals surface area contributed by atoms with Gasteiger partial charge in [-0.2, -0.15) is 0 Å². The van der Waals surface area contributed by atoms with Gasteiger partial charge < -0.3 is 4.90 Å². The van der Waals surface area contributed by atoms with Gasteiger partial charge in [-0.05, 0) is 124 Å². The Kier molecular flexibility index (Phi) is 7.28. The van der Waals surface area contributed by atoms with Crippen LogP contribution in [-0.4, -0.2) is 0 Å². The van der Waals surface area contributed by atoms with E-state index in [0.29, 0.717) is 0 Å². The molecule has 0 bridgehead atoms. The van der Waals surface area contributed by atoms with Crippen LogP contribution in [0.2, 0.25) is 0 Å². The van der Waals surface area contributed by atoms with E-state index in [-0.39, 0.29) is 5.41 Å². The van der Waals surface area contributed by atoms with E-state index in [1.807, 2.05) is 0 Å². The first-order valence-electron chi connectivity index (χ1n) is 19.6. The number of hydrogen-bond donors (Lipinski definition) is 0. The molecule has 0 aromatic heterocycles. The van der Waals surface area contributed by atoms with Gasteiger partial charge in [-0.15, -0.1) is 0 Å². The quantitative estimate of drug-likeness (QED) is 0.161. The summed E-state index contributed by atoms with van der Waals surface area (Å²) in [6.45, 7) is 4.70. The Labute approximate surface area is 327 Å². The molecule has 0 unspecified atom stereocenters. The fraction of sp³-hybridized carbons (Fsp3) is 0.0545. The predicted molar refractivity (Wildman–Crippen MR) is 240 cm³/mol. The molecule has 1 heteroatoms. The fourth-order valence-electron chi connectivity index (χ4n) is 9.46. The minimum atomic E-state index is -0.0385. The Balaban J connectivity index is 1.08. The largest absolute Gasteiger partial charge is 0.310 e. The molecule has 10 aromatic rings. The number of nitrogens with zero attached hydrogens (tertiary/aromatic N) is 1. The molecule has 0 aliphatic heterocycles. The molecule has 0 radical (unpaired) electrons. The van der Waals surface area contributed by atoms with E-state index in [1.54, 1.807) is 0 Å². The lowest BCUT2D eigenvalue weighted by atomic mass is 9.82. The summed E-state index contributed by atoms with van der Waals surface area (Å²) in [7, 11) is 0. The lowest BCUT2D eigenvalue weighted by Crippen LogP contribution is -2.14. The number of hydrogen-bond acceptors (Lipinski definition) is 1. The van der Waals surface area contributed by atoms with Crippen molar-refractivity contribution in [2.24, 2.45) is 0 Å². The molecule has 1 aliphatic rings. The highest BCUT2D eigenvalue weighted by atomic mass is 15.1. The van der Waals surface area contributed by atoms with Crippen LogP contribution >= 0.6 is 0 Å². The second kappa shape index (κ2) is 12.5. The van der Waals surface area contributed by atoms with Crippen LogP contribution in [0.5, 0.6) is 0 Å². The van der Waals surface area contributed by atoms with Crippen molar-refractivity contribution < 1.29 is 0 Å². The van der Waals surface area contributed by atoms with Crippen LogP contribution in [-0.2, 0) is 5.41 Å². The molecule has 0 saturated carbocycles. The molecular formula is C55H39N. The van der Waals surface area contributed by atoms with Gasteiger partial charge in [-0.1, -0.05) is 178 Å². The van der Waals surface area contributed by atoms with Gasteiger partial charge in [0.2, 0.25) is 0 Å². The summed E-state index contributed by atoms with van der Waals surface area (Å²) in [5, 5.41) is 10.2. The van der Waals surface area contributed by atoms with E-state index in [9.17, 15) is 0 Å². The van der Waals surface area contributed by atoms with Crippen molar-refractivity contribution in [1.82, 2.24) is 0 Å². The molecule has 0 atom stereocenters. The average molecular weight is 714 g/mol. The molecular weight excluding hydrogens is 675 g/mol. The van der Waals surface area contributed by atoms with Crippen molar-refractivity contribution in [2.75, 3.05) is 4.90 Å². The van der Waals surface area contributed by atoms with Crippen molar-refractivity contribution in [1.29, 1.82) is 0 Å². The second-order valence-electron chi connectivity index (χ2n) is 15.7. The van der Waals surface area contributed by atoms with Gasteiger partial charge in [0.25, 0.3) is 0 Å². The van der Waals surface area contributed by atoms with Crippen molar-refractivity contribution in [3.05, 3.63) is 211 Å². The van der Waals surface area contributed by atoms with Crippen LogP contribution in [0.3, 0.4) is 0 Å². The Morgan fingerprint density at radius 2 is 0.911 bits per heavy atom. The summed E-state index contributed by atoms with van der Waals surface area (Å²) in [5.74, 6) is 0. The summed E-state index contributed by atoms with van der Waals surface area (Å²) in [4.78, 5) is 2.41. The zero-order valence-electron chi connectivity index (χ0n) is 31.5. The Morgan fingerprint density at radius 3 is 1.71 bits per heavy atom. The number of rotatable bonds is 5. The van der Waals surface area contributed by atoms with Gasteiger partial charge in [-0.25, -0.2) is 0 Å². The molecule has 0 saturated heterocycles. The van der Waals surface area contributed by atoms with Crippen LogP contribution in [0.1, 0.15) is 25.0 Å². The first-order chi connectivity index (χ1) is 27.5. The van der Waals surface area contributed by atoms with Gasteiger partial charge in [0.15, 0.2) is 0 Å².